The van der Waals surface area contributed by atoms with E-state index in [4.69, 9.17) is 6.42 Å². The Balaban J connectivity index is 2.16. The van der Waals surface area contributed by atoms with Crippen molar-refractivity contribution in [2.75, 3.05) is 18.1 Å². The lowest BCUT2D eigenvalue weighted by atomic mass is 10.2. The molecule has 0 radical (unpaired) electrons. The molecule has 0 aliphatic heterocycles. The first kappa shape index (κ1) is 12.1. The highest BCUT2D eigenvalue weighted by Gasteiger charge is 1.96. The molecule has 1 N–H and O–H groups in total. The van der Waals surface area contributed by atoms with Crippen LogP contribution >= 0.6 is 11.8 Å². The Morgan fingerprint density at radius 3 is 3.20 bits per heavy atom. The molecule has 0 amide bonds. The van der Waals surface area contributed by atoms with Crippen LogP contribution in [0.15, 0.2) is 18.3 Å². The van der Waals surface area contributed by atoms with Crippen LogP contribution in [0.2, 0.25) is 0 Å². The van der Waals surface area contributed by atoms with Crippen LogP contribution in [0.25, 0.3) is 0 Å². The molecule has 0 fully saturated rings. The second-order valence-corrected chi connectivity index (χ2v) is 4.31. The summed E-state index contributed by atoms with van der Waals surface area (Å²) in [5, 5.41) is 3.35. The van der Waals surface area contributed by atoms with Crippen LogP contribution in [-0.4, -0.2) is 23.0 Å². The number of hydrogen-bond acceptors (Lipinski definition) is 3. The first-order valence-corrected chi connectivity index (χ1v) is 6.12. The molecule has 0 aliphatic carbocycles. The molecule has 0 spiro atoms. The van der Waals surface area contributed by atoms with Gasteiger partial charge in [-0.25, -0.2) is 0 Å². The summed E-state index contributed by atoms with van der Waals surface area (Å²) in [5.41, 5.74) is 2.36. The molecule has 2 nitrogen and oxygen atoms in total. The van der Waals surface area contributed by atoms with Crippen LogP contribution in [0.5, 0.6) is 0 Å². The molecular formula is C12H16N2S. The van der Waals surface area contributed by atoms with E-state index in [1.54, 1.807) is 11.8 Å². The Morgan fingerprint density at radius 1 is 1.60 bits per heavy atom. The largest absolute Gasteiger partial charge is 0.310 e. The van der Waals surface area contributed by atoms with Crippen molar-refractivity contribution < 1.29 is 0 Å². The van der Waals surface area contributed by atoms with Gasteiger partial charge in [-0.05, 0) is 18.6 Å². The van der Waals surface area contributed by atoms with Crippen LogP contribution in [-0.2, 0) is 6.54 Å². The maximum absolute atomic E-state index is 5.15. The minimum atomic E-state index is 0.796. The van der Waals surface area contributed by atoms with E-state index in [1.807, 2.05) is 12.3 Å². The average molecular weight is 220 g/mol. The summed E-state index contributed by atoms with van der Waals surface area (Å²) in [7, 11) is 0. The topological polar surface area (TPSA) is 24.9 Å². The van der Waals surface area contributed by atoms with Gasteiger partial charge in [-0.3, -0.25) is 4.98 Å². The number of pyridine rings is 1. The van der Waals surface area contributed by atoms with Gasteiger partial charge in [0.15, 0.2) is 0 Å². The van der Waals surface area contributed by atoms with E-state index in [0.29, 0.717) is 0 Å². The molecule has 80 valence electrons. The summed E-state index contributed by atoms with van der Waals surface area (Å²) in [6.45, 7) is 3.89. The Kier molecular flexibility index (Phi) is 5.91. The first-order chi connectivity index (χ1) is 7.34. The molecular weight excluding hydrogens is 204 g/mol. The summed E-state index contributed by atoms with van der Waals surface area (Å²) in [5.74, 6) is 4.46. The molecule has 0 aromatic carbocycles. The summed E-state index contributed by atoms with van der Waals surface area (Å²) in [6, 6.07) is 4.04. The van der Waals surface area contributed by atoms with Crippen molar-refractivity contribution in [1.82, 2.24) is 10.3 Å². The lowest BCUT2D eigenvalue weighted by Gasteiger charge is -2.05. The third-order valence-corrected chi connectivity index (χ3v) is 2.88. The molecule has 15 heavy (non-hydrogen) atoms. The Labute approximate surface area is 95.9 Å². The van der Waals surface area contributed by atoms with Gasteiger partial charge < -0.3 is 5.32 Å². The highest BCUT2D eigenvalue weighted by Crippen LogP contribution is 2.02. The highest BCUT2D eigenvalue weighted by atomic mass is 32.2. The predicted molar refractivity (Wildman–Crippen MR) is 66.8 cm³/mol. The van der Waals surface area contributed by atoms with Crippen LogP contribution in [0, 0.1) is 19.3 Å². The van der Waals surface area contributed by atoms with Crippen molar-refractivity contribution in [3.63, 3.8) is 0 Å². The fraction of sp³-hybridized carbons (Fsp3) is 0.417. The summed E-state index contributed by atoms with van der Waals surface area (Å²) >= 11 is 1.77. The van der Waals surface area contributed by atoms with Crippen LogP contribution in [0.1, 0.15) is 11.3 Å². The minimum Gasteiger partial charge on any atom is -0.310 e. The maximum atomic E-state index is 5.15. The van der Waals surface area contributed by atoms with Crippen LogP contribution < -0.4 is 5.32 Å². The minimum absolute atomic E-state index is 0.796. The van der Waals surface area contributed by atoms with Crippen LogP contribution in [0.4, 0.5) is 0 Å². The van der Waals surface area contributed by atoms with Gasteiger partial charge in [-0.2, -0.15) is 0 Å². The van der Waals surface area contributed by atoms with Gasteiger partial charge in [0.25, 0.3) is 0 Å². The summed E-state index contributed by atoms with van der Waals surface area (Å²) in [4.78, 5) is 4.31. The number of nitrogens with zero attached hydrogens (tertiary/aromatic N) is 1. The van der Waals surface area contributed by atoms with Crippen molar-refractivity contribution in [2.45, 2.75) is 13.5 Å². The number of rotatable bonds is 6. The zero-order valence-electron chi connectivity index (χ0n) is 8.99. The quantitative estimate of drug-likeness (QED) is 0.585. The molecule has 1 heterocycles. The van der Waals surface area contributed by atoms with Crippen molar-refractivity contribution in [2.24, 2.45) is 0 Å². The fourth-order valence-corrected chi connectivity index (χ4v) is 1.74. The number of aromatic nitrogens is 1. The van der Waals surface area contributed by atoms with Crippen molar-refractivity contribution in [3.05, 3.63) is 29.6 Å². The highest BCUT2D eigenvalue weighted by molar-refractivity contribution is 7.99. The molecule has 1 aromatic heterocycles. The van der Waals surface area contributed by atoms with Gasteiger partial charge in [-0.15, -0.1) is 18.2 Å². The van der Waals surface area contributed by atoms with E-state index in [0.717, 1.165) is 30.3 Å². The Morgan fingerprint density at radius 2 is 2.47 bits per heavy atom. The van der Waals surface area contributed by atoms with Gasteiger partial charge in [0, 0.05) is 25.0 Å². The van der Waals surface area contributed by atoms with E-state index in [1.165, 1.54) is 5.56 Å². The molecule has 0 unspecified atom stereocenters. The second kappa shape index (κ2) is 7.33. The molecule has 0 saturated heterocycles. The molecule has 1 rings (SSSR count). The van der Waals surface area contributed by atoms with E-state index in [2.05, 4.69) is 29.2 Å². The predicted octanol–water partition coefficient (Wildman–Crippen LogP) is 1.85. The zero-order chi connectivity index (χ0) is 10.9. The Hall–Kier alpha value is -0.980. The van der Waals surface area contributed by atoms with E-state index < -0.39 is 0 Å². The number of hydrogen-bond donors (Lipinski definition) is 1. The lowest BCUT2D eigenvalue weighted by molar-refractivity contribution is 0.711. The van der Waals surface area contributed by atoms with Gasteiger partial charge >= 0.3 is 0 Å². The number of nitrogens with one attached hydrogen (secondary N) is 1. The molecule has 0 saturated carbocycles. The van der Waals surface area contributed by atoms with E-state index >= 15 is 0 Å². The van der Waals surface area contributed by atoms with Crippen molar-refractivity contribution in [3.8, 4) is 12.3 Å². The number of thioether (sulfide) groups is 1. The van der Waals surface area contributed by atoms with Crippen LogP contribution in [0.3, 0.4) is 0 Å². The van der Waals surface area contributed by atoms with E-state index in [9.17, 15) is 0 Å². The van der Waals surface area contributed by atoms with Gasteiger partial charge in [0.2, 0.25) is 0 Å². The number of aryl methyl sites for hydroxylation is 1. The zero-order valence-corrected chi connectivity index (χ0v) is 9.81. The maximum Gasteiger partial charge on any atom is 0.0570 e. The third-order valence-electron chi connectivity index (χ3n) is 2.02. The smallest absolute Gasteiger partial charge is 0.0570 e. The van der Waals surface area contributed by atoms with Crippen molar-refractivity contribution in [1.29, 1.82) is 0 Å². The lowest BCUT2D eigenvalue weighted by Crippen LogP contribution is -2.18. The monoisotopic (exact) mass is 220 g/mol. The normalized spacial score (nSPS) is 9.87. The standard InChI is InChI=1S/C12H16N2S/c1-3-8-15-9-7-13-10-12-11(2)5-4-6-14-12/h1,4-6,13H,7-10H2,2H3. The van der Waals surface area contributed by atoms with Crippen molar-refractivity contribution >= 4 is 11.8 Å². The van der Waals surface area contributed by atoms with E-state index in [-0.39, 0.29) is 0 Å². The molecule has 0 atom stereocenters. The molecule has 0 bridgehead atoms. The third kappa shape index (κ3) is 4.87. The summed E-state index contributed by atoms with van der Waals surface area (Å²) < 4.78 is 0. The number of terminal acetylenes is 1. The molecule has 0 aliphatic rings. The summed E-state index contributed by atoms with van der Waals surface area (Å²) in [6.07, 6.45) is 6.98. The molecule has 3 heteroatoms. The first-order valence-electron chi connectivity index (χ1n) is 4.97. The SMILES string of the molecule is C#CCSCCNCc1ncccc1C. The van der Waals surface area contributed by atoms with Gasteiger partial charge in [-0.1, -0.05) is 12.0 Å². The van der Waals surface area contributed by atoms with Gasteiger partial charge in [0.1, 0.15) is 0 Å². The second-order valence-electron chi connectivity index (χ2n) is 3.20. The van der Waals surface area contributed by atoms with Gasteiger partial charge in [0.05, 0.1) is 11.4 Å². The Bertz CT molecular complexity index is 331. The molecule has 1 aromatic rings. The average Bonchev–Trinajstić information content (AvgIpc) is 2.25. The fourth-order valence-electron chi connectivity index (χ4n) is 1.19.